The third kappa shape index (κ3) is 5.63. The molecule has 0 aliphatic heterocycles. The number of hydrogen-bond acceptors (Lipinski definition) is 3. The van der Waals surface area contributed by atoms with Gasteiger partial charge in [0.25, 0.3) is 0 Å². The molecule has 0 saturated heterocycles. The second-order valence-electron chi connectivity index (χ2n) is 3.75. The molecular formula is C13H19N3OS. The Morgan fingerprint density at radius 2 is 2.11 bits per heavy atom. The van der Waals surface area contributed by atoms with Gasteiger partial charge in [0.15, 0.2) is 5.11 Å². The van der Waals surface area contributed by atoms with Crippen molar-refractivity contribution < 1.29 is 4.74 Å². The van der Waals surface area contributed by atoms with Crippen molar-refractivity contribution in [2.45, 2.75) is 19.8 Å². The van der Waals surface area contributed by atoms with Gasteiger partial charge in [0, 0.05) is 6.54 Å². The van der Waals surface area contributed by atoms with Crippen LogP contribution in [-0.2, 0) is 0 Å². The van der Waals surface area contributed by atoms with E-state index in [2.05, 4.69) is 22.8 Å². The number of unbranched alkanes of at least 4 members (excludes halogenated alkanes) is 1. The molecule has 0 heterocycles. The molecule has 0 aromatic heterocycles. The topological polar surface area (TPSA) is 45.7 Å². The van der Waals surface area contributed by atoms with Crippen LogP contribution in [0.5, 0.6) is 5.75 Å². The lowest BCUT2D eigenvalue weighted by atomic mass is 10.2. The molecule has 98 valence electrons. The van der Waals surface area contributed by atoms with Crippen molar-refractivity contribution in [1.29, 1.82) is 0 Å². The molecular weight excluding hydrogens is 246 g/mol. The highest BCUT2D eigenvalue weighted by Gasteiger charge is 1.92. The average molecular weight is 265 g/mol. The molecule has 1 aromatic rings. The number of hydrazone groups is 1. The summed E-state index contributed by atoms with van der Waals surface area (Å²) in [6, 6.07) is 7.63. The first kappa shape index (κ1) is 14.4. The molecule has 0 bridgehead atoms. The van der Waals surface area contributed by atoms with Crippen molar-refractivity contribution in [2.75, 3.05) is 13.7 Å². The number of methoxy groups -OCH3 is 1. The Labute approximate surface area is 113 Å². The zero-order valence-corrected chi connectivity index (χ0v) is 11.6. The van der Waals surface area contributed by atoms with E-state index < -0.39 is 0 Å². The summed E-state index contributed by atoms with van der Waals surface area (Å²) in [5.41, 5.74) is 3.76. The molecule has 0 radical (unpaired) electrons. The third-order valence-corrected chi connectivity index (χ3v) is 2.55. The van der Waals surface area contributed by atoms with E-state index >= 15 is 0 Å². The first-order valence-electron chi connectivity index (χ1n) is 5.97. The van der Waals surface area contributed by atoms with E-state index in [1.54, 1.807) is 13.3 Å². The highest BCUT2D eigenvalue weighted by Crippen LogP contribution is 2.09. The van der Waals surface area contributed by atoms with E-state index in [0.717, 1.165) is 30.7 Å². The van der Waals surface area contributed by atoms with Crippen LogP contribution in [0.4, 0.5) is 0 Å². The van der Waals surface area contributed by atoms with Gasteiger partial charge in [0.2, 0.25) is 0 Å². The predicted molar refractivity (Wildman–Crippen MR) is 79.2 cm³/mol. The number of ether oxygens (including phenoxy) is 1. The molecule has 5 heteroatoms. The van der Waals surface area contributed by atoms with Crippen molar-refractivity contribution in [3.05, 3.63) is 29.8 Å². The number of rotatable bonds is 6. The van der Waals surface area contributed by atoms with Gasteiger partial charge in [-0.2, -0.15) is 5.10 Å². The molecule has 0 unspecified atom stereocenters. The van der Waals surface area contributed by atoms with Crippen molar-refractivity contribution in [3.63, 3.8) is 0 Å². The third-order valence-electron chi connectivity index (χ3n) is 2.31. The maximum absolute atomic E-state index is 5.08. The van der Waals surface area contributed by atoms with Crippen LogP contribution in [0.2, 0.25) is 0 Å². The Hall–Kier alpha value is -1.62. The van der Waals surface area contributed by atoms with Crippen LogP contribution in [0.1, 0.15) is 25.3 Å². The summed E-state index contributed by atoms with van der Waals surface area (Å²) in [6.07, 6.45) is 3.96. The van der Waals surface area contributed by atoms with E-state index in [1.807, 2.05) is 24.3 Å². The number of nitrogens with one attached hydrogen (secondary N) is 2. The zero-order valence-electron chi connectivity index (χ0n) is 10.8. The maximum atomic E-state index is 5.08. The first-order valence-corrected chi connectivity index (χ1v) is 6.38. The Kier molecular flexibility index (Phi) is 6.79. The van der Waals surface area contributed by atoms with Gasteiger partial charge in [-0.15, -0.1) is 0 Å². The fourth-order valence-corrected chi connectivity index (χ4v) is 1.43. The lowest BCUT2D eigenvalue weighted by molar-refractivity contribution is 0.415. The molecule has 18 heavy (non-hydrogen) atoms. The molecule has 1 aromatic carbocycles. The molecule has 0 aliphatic rings. The monoisotopic (exact) mass is 265 g/mol. The van der Waals surface area contributed by atoms with Gasteiger partial charge in [0.1, 0.15) is 5.75 Å². The highest BCUT2D eigenvalue weighted by molar-refractivity contribution is 7.80. The Morgan fingerprint density at radius 1 is 1.39 bits per heavy atom. The van der Waals surface area contributed by atoms with Gasteiger partial charge in [-0.05, 0) is 48.5 Å². The standard InChI is InChI=1S/C13H19N3OS/c1-3-4-9-14-13(18)16-15-10-11-5-7-12(17-2)8-6-11/h5-8,10H,3-4,9H2,1-2H3,(H2,14,16,18)/b15-10+. The summed E-state index contributed by atoms with van der Waals surface area (Å²) in [4.78, 5) is 0. The Morgan fingerprint density at radius 3 is 2.72 bits per heavy atom. The summed E-state index contributed by atoms with van der Waals surface area (Å²) in [5, 5.41) is 7.68. The van der Waals surface area contributed by atoms with E-state index in [4.69, 9.17) is 17.0 Å². The fourth-order valence-electron chi connectivity index (χ4n) is 1.27. The van der Waals surface area contributed by atoms with Crippen molar-refractivity contribution >= 4 is 23.5 Å². The molecule has 0 atom stereocenters. The van der Waals surface area contributed by atoms with Gasteiger partial charge in [0.05, 0.1) is 13.3 Å². The van der Waals surface area contributed by atoms with Crippen LogP contribution in [0, 0.1) is 0 Å². The average Bonchev–Trinajstić information content (AvgIpc) is 2.40. The number of hydrogen-bond donors (Lipinski definition) is 2. The first-order chi connectivity index (χ1) is 8.76. The molecule has 1 rings (SSSR count). The van der Waals surface area contributed by atoms with E-state index in [9.17, 15) is 0 Å². The molecule has 0 fully saturated rings. The van der Waals surface area contributed by atoms with Crippen LogP contribution in [0.3, 0.4) is 0 Å². The minimum absolute atomic E-state index is 0.549. The van der Waals surface area contributed by atoms with Gasteiger partial charge >= 0.3 is 0 Å². The quantitative estimate of drug-likeness (QED) is 0.358. The van der Waals surface area contributed by atoms with E-state index in [-0.39, 0.29) is 0 Å². The van der Waals surface area contributed by atoms with Crippen molar-refractivity contribution in [1.82, 2.24) is 10.7 Å². The Balaban J connectivity index is 2.32. The maximum Gasteiger partial charge on any atom is 0.186 e. The van der Waals surface area contributed by atoms with E-state index in [1.165, 1.54) is 0 Å². The summed E-state index contributed by atoms with van der Waals surface area (Å²) >= 11 is 5.07. The second kappa shape index (κ2) is 8.47. The van der Waals surface area contributed by atoms with Crippen LogP contribution >= 0.6 is 12.2 Å². The van der Waals surface area contributed by atoms with Crippen LogP contribution < -0.4 is 15.5 Å². The van der Waals surface area contributed by atoms with Crippen molar-refractivity contribution in [3.8, 4) is 5.75 Å². The largest absolute Gasteiger partial charge is 0.497 e. The number of thiocarbonyl (C=S) groups is 1. The summed E-state index contributed by atoms with van der Waals surface area (Å²) < 4.78 is 5.08. The fraction of sp³-hybridized carbons (Fsp3) is 0.385. The Bertz CT molecular complexity index is 390. The van der Waals surface area contributed by atoms with Gasteiger partial charge < -0.3 is 10.1 Å². The summed E-state index contributed by atoms with van der Waals surface area (Å²) in [7, 11) is 1.64. The van der Waals surface area contributed by atoms with Crippen molar-refractivity contribution in [2.24, 2.45) is 5.10 Å². The molecule has 0 aliphatic carbocycles. The molecule has 0 amide bonds. The van der Waals surface area contributed by atoms with E-state index in [0.29, 0.717) is 5.11 Å². The minimum Gasteiger partial charge on any atom is -0.497 e. The predicted octanol–water partition coefficient (Wildman–Crippen LogP) is 2.29. The number of benzene rings is 1. The lowest BCUT2D eigenvalue weighted by Gasteiger charge is -2.05. The minimum atomic E-state index is 0.549. The molecule has 2 N–H and O–H groups in total. The highest BCUT2D eigenvalue weighted by atomic mass is 32.1. The SMILES string of the molecule is CCCCNC(=S)N/N=C/c1ccc(OC)cc1. The molecule has 0 spiro atoms. The van der Waals surface area contributed by atoms with Crippen LogP contribution in [-0.4, -0.2) is 25.0 Å². The van der Waals surface area contributed by atoms with Crippen LogP contribution in [0.15, 0.2) is 29.4 Å². The summed E-state index contributed by atoms with van der Waals surface area (Å²) in [5.74, 6) is 0.830. The van der Waals surface area contributed by atoms with Gasteiger partial charge in [-0.25, -0.2) is 0 Å². The normalized spacial score (nSPS) is 10.3. The zero-order chi connectivity index (χ0) is 13.2. The van der Waals surface area contributed by atoms with Gasteiger partial charge in [-0.3, -0.25) is 5.43 Å². The second-order valence-corrected chi connectivity index (χ2v) is 4.16. The van der Waals surface area contributed by atoms with Crippen LogP contribution in [0.25, 0.3) is 0 Å². The lowest BCUT2D eigenvalue weighted by Crippen LogP contribution is -2.32. The summed E-state index contributed by atoms with van der Waals surface area (Å²) in [6.45, 7) is 3.01. The molecule has 0 saturated carbocycles. The number of nitrogens with zero attached hydrogens (tertiary/aromatic N) is 1. The van der Waals surface area contributed by atoms with Gasteiger partial charge in [-0.1, -0.05) is 13.3 Å². The smallest absolute Gasteiger partial charge is 0.186 e. The molecule has 4 nitrogen and oxygen atoms in total.